The average molecular weight is 359 g/mol. The van der Waals surface area contributed by atoms with Crippen LogP contribution in [0.1, 0.15) is 48.5 Å². The lowest BCUT2D eigenvalue weighted by Gasteiger charge is -2.39. The zero-order chi connectivity index (χ0) is 18.7. The molecule has 3 N–H and O–H groups in total. The van der Waals surface area contributed by atoms with Crippen LogP contribution < -0.4 is 20.7 Å². The van der Waals surface area contributed by atoms with E-state index < -0.39 is 5.60 Å². The average Bonchev–Trinajstić information content (AvgIpc) is 2.73. The maximum Gasteiger partial charge on any atom is 0.255 e. The fourth-order valence-corrected chi connectivity index (χ4v) is 3.57. The van der Waals surface area contributed by atoms with E-state index in [9.17, 15) is 14.4 Å². The van der Waals surface area contributed by atoms with Crippen molar-refractivity contribution in [3.05, 3.63) is 29.3 Å². The predicted molar refractivity (Wildman–Crippen MR) is 96.0 cm³/mol. The standard InChI is InChI=1S/C19H25N3O4/c1-12-3-4-16-15(9-12)18(25)21-11-19(26-16)7-5-14(6-8-19)22-17(24)10-20-13(2)23/h3-4,9,14H,5-8,10-11H2,1-2H3,(H,20,23)(H,21,25)(H,22,24). The number of ether oxygens (including phenoxy) is 1. The van der Waals surface area contributed by atoms with Gasteiger partial charge in [-0.05, 0) is 44.7 Å². The Kier molecular flexibility index (Phi) is 5.15. The molecule has 1 aliphatic carbocycles. The highest BCUT2D eigenvalue weighted by Gasteiger charge is 2.40. The summed E-state index contributed by atoms with van der Waals surface area (Å²) in [4.78, 5) is 35.1. The molecular formula is C19H25N3O4. The molecule has 1 fully saturated rings. The van der Waals surface area contributed by atoms with Crippen molar-refractivity contribution < 1.29 is 19.1 Å². The molecule has 3 amide bonds. The Balaban J connectivity index is 1.61. The van der Waals surface area contributed by atoms with Gasteiger partial charge in [0.2, 0.25) is 11.8 Å². The molecule has 1 aliphatic heterocycles. The third-order valence-electron chi connectivity index (χ3n) is 5.04. The van der Waals surface area contributed by atoms with Gasteiger partial charge in [-0.15, -0.1) is 0 Å². The van der Waals surface area contributed by atoms with Gasteiger partial charge >= 0.3 is 0 Å². The molecule has 1 aromatic rings. The van der Waals surface area contributed by atoms with E-state index in [-0.39, 0.29) is 30.3 Å². The highest BCUT2D eigenvalue weighted by atomic mass is 16.5. The number of carbonyl (C=O) groups excluding carboxylic acids is 3. The Morgan fingerprint density at radius 2 is 2.04 bits per heavy atom. The molecule has 0 unspecified atom stereocenters. The molecule has 1 aromatic carbocycles. The highest BCUT2D eigenvalue weighted by Crippen LogP contribution is 2.36. The first-order valence-corrected chi connectivity index (χ1v) is 8.99. The van der Waals surface area contributed by atoms with Crippen LogP contribution in [0.3, 0.4) is 0 Å². The van der Waals surface area contributed by atoms with Gasteiger partial charge in [-0.3, -0.25) is 14.4 Å². The molecule has 0 saturated heterocycles. The van der Waals surface area contributed by atoms with E-state index in [0.717, 1.165) is 31.2 Å². The van der Waals surface area contributed by atoms with Crippen LogP contribution in [0, 0.1) is 6.92 Å². The molecule has 26 heavy (non-hydrogen) atoms. The van der Waals surface area contributed by atoms with E-state index in [1.807, 2.05) is 25.1 Å². The summed E-state index contributed by atoms with van der Waals surface area (Å²) in [5, 5.41) is 8.43. The Bertz CT molecular complexity index is 723. The van der Waals surface area contributed by atoms with Gasteiger partial charge in [0.15, 0.2) is 0 Å². The Labute approximate surface area is 152 Å². The van der Waals surface area contributed by atoms with E-state index in [1.165, 1.54) is 6.92 Å². The van der Waals surface area contributed by atoms with Crippen molar-refractivity contribution in [2.24, 2.45) is 0 Å². The van der Waals surface area contributed by atoms with Crippen LogP contribution in [-0.2, 0) is 9.59 Å². The van der Waals surface area contributed by atoms with Crippen molar-refractivity contribution in [2.75, 3.05) is 13.1 Å². The summed E-state index contributed by atoms with van der Waals surface area (Å²) in [5.41, 5.74) is 1.16. The quantitative estimate of drug-likeness (QED) is 0.752. The van der Waals surface area contributed by atoms with Gasteiger partial charge in [-0.25, -0.2) is 0 Å². The molecule has 140 valence electrons. The van der Waals surface area contributed by atoms with Gasteiger partial charge in [0.1, 0.15) is 11.4 Å². The smallest absolute Gasteiger partial charge is 0.255 e. The number of rotatable bonds is 3. The van der Waals surface area contributed by atoms with Gasteiger partial charge < -0.3 is 20.7 Å². The predicted octanol–water partition coefficient (Wildman–Crippen LogP) is 1.05. The van der Waals surface area contributed by atoms with Gasteiger partial charge in [0.25, 0.3) is 5.91 Å². The zero-order valence-electron chi connectivity index (χ0n) is 15.2. The molecule has 0 radical (unpaired) electrons. The second-order valence-electron chi connectivity index (χ2n) is 7.22. The molecule has 0 aromatic heterocycles. The van der Waals surface area contributed by atoms with Crippen LogP contribution in [0.15, 0.2) is 18.2 Å². The van der Waals surface area contributed by atoms with E-state index >= 15 is 0 Å². The number of amides is 3. The normalized spacial score (nSPS) is 24.7. The van der Waals surface area contributed by atoms with Crippen molar-refractivity contribution in [3.63, 3.8) is 0 Å². The molecule has 1 spiro atoms. The largest absolute Gasteiger partial charge is 0.485 e. The first-order valence-electron chi connectivity index (χ1n) is 8.99. The number of aryl methyl sites for hydroxylation is 1. The van der Waals surface area contributed by atoms with Crippen LogP contribution in [0.5, 0.6) is 5.75 Å². The molecule has 0 atom stereocenters. The molecule has 3 rings (SSSR count). The fourth-order valence-electron chi connectivity index (χ4n) is 3.57. The van der Waals surface area contributed by atoms with E-state index in [2.05, 4.69) is 16.0 Å². The van der Waals surface area contributed by atoms with Crippen molar-refractivity contribution in [2.45, 2.75) is 51.2 Å². The topological polar surface area (TPSA) is 96.5 Å². The first kappa shape index (κ1) is 18.2. The number of benzene rings is 1. The lowest BCUT2D eigenvalue weighted by Crippen LogP contribution is -2.52. The third-order valence-corrected chi connectivity index (χ3v) is 5.04. The summed E-state index contributed by atoms with van der Waals surface area (Å²) in [7, 11) is 0. The second-order valence-corrected chi connectivity index (χ2v) is 7.22. The summed E-state index contributed by atoms with van der Waals surface area (Å²) < 4.78 is 6.29. The van der Waals surface area contributed by atoms with Crippen LogP contribution in [0.4, 0.5) is 0 Å². The van der Waals surface area contributed by atoms with Gasteiger partial charge in [-0.1, -0.05) is 11.6 Å². The van der Waals surface area contributed by atoms with Crippen molar-refractivity contribution >= 4 is 17.7 Å². The summed E-state index contributed by atoms with van der Waals surface area (Å²) in [5.74, 6) is 0.112. The summed E-state index contributed by atoms with van der Waals surface area (Å²) in [6, 6.07) is 5.71. The lowest BCUT2D eigenvalue weighted by molar-refractivity contribution is -0.125. The number of fused-ring (bicyclic) bond motifs is 1. The third kappa shape index (κ3) is 4.15. The number of nitrogens with one attached hydrogen (secondary N) is 3. The molecule has 7 heteroatoms. The molecular weight excluding hydrogens is 334 g/mol. The number of hydrogen-bond donors (Lipinski definition) is 3. The minimum Gasteiger partial charge on any atom is -0.485 e. The van der Waals surface area contributed by atoms with Crippen LogP contribution in [0.25, 0.3) is 0 Å². The summed E-state index contributed by atoms with van der Waals surface area (Å²) in [6.07, 6.45) is 3.02. The second kappa shape index (κ2) is 7.35. The van der Waals surface area contributed by atoms with Crippen LogP contribution in [0.2, 0.25) is 0 Å². The first-order chi connectivity index (χ1) is 12.4. The van der Waals surface area contributed by atoms with E-state index in [0.29, 0.717) is 17.9 Å². The minimum absolute atomic E-state index is 0.00371. The Morgan fingerprint density at radius 1 is 1.31 bits per heavy atom. The van der Waals surface area contributed by atoms with Gasteiger partial charge in [0.05, 0.1) is 18.7 Å². The highest BCUT2D eigenvalue weighted by molar-refractivity contribution is 5.97. The molecule has 1 heterocycles. The maximum absolute atomic E-state index is 12.3. The SMILES string of the molecule is CC(=O)NCC(=O)NC1CCC2(CC1)CNC(=O)c1cc(C)ccc1O2. The Morgan fingerprint density at radius 3 is 2.73 bits per heavy atom. The molecule has 0 bridgehead atoms. The monoisotopic (exact) mass is 359 g/mol. The minimum atomic E-state index is -0.435. The van der Waals surface area contributed by atoms with E-state index in [4.69, 9.17) is 4.74 Å². The van der Waals surface area contributed by atoms with Gasteiger partial charge in [0, 0.05) is 13.0 Å². The summed E-state index contributed by atoms with van der Waals surface area (Å²) in [6.45, 7) is 3.79. The van der Waals surface area contributed by atoms with Crippen molar-refractivity contribution in [1.82, 2.24) is 16.0 Å². The fraction of sp³-hybridized carbons (Fsp3) is 0.526. The molecule has 2 aliphatic rings. The zero-order valence-corrected chi connectivity index (χ0v) is 15.2. The molecule has 1 saturated carbocycles. The van der Waals surface area contributed by atoms with Crippen molar-refractivity contribution in [1.29, 1.82) is 0 Å². The van der Waals surface area contributed by atoms with Gasteiger partial charge in [-0.2, -0.15) is 0 Å². The van der Waals surface area contributed by atoms with Crippen LogP contribution in [-0.4, -0.2) is 42.5 Å². The lowest BCUT2D eigenvalue weighted by atomic mass is 9.81. The molecule has 7 nitrogen and oxygen atoms in total. The maximum atomic E-state index is 12.3. The van der Waals surface area contributed by atoms with E-state index in [1.54, 1.807) is 0 Å². The summed E-state index contributed by atoms with van der Waals surface area (Å²) >= 11 is 0. The van der Waals surface area contributed by atoms with Crippen LogP contribution >= 0.6 is 0 Å². The Hall–Kier alpha value is -2.57. The number of hydrogen-bond acceptors (Lipinski definition) is 4. The number of carbonyl (C=O) groups is 3. The van der Waals surface area contributed by atoms with Crippen molar-refractivity contribution in [3.8, 4) is 5.75 Å².